The summed E-state index contributed by atoms with van der Waals surface area (Å²) in [4.78, 5) is 22.8. The Morgan fingerprint density at radius 3 is 2.76 bits per heavy atom. The minimum Gasteiger partial charge on any atom is -0.504 e. The van der Waals surface area contributed by atoms with Crippen molar-refractivity contribution in [2.75, 3.05) is 32.8 Å². The maximum absolute atomic E-state index is 13.2. The van der Waals surface area contributed by atoms with E-state index in [2.05, 4.69) is 15.3 Å². The fraction of sp³-hybridized carbons (Fsp3) is 0.400. The molecular weight excluding hydrogens is 490 g/mol. The third kappa shape index (κ3) is 4.00. The van der Waals surface area contributed by atoms with Gasteiger partial charge in [-0.15, -0.1) is 11.3 Å². The van der Waals surface area contributed by atoms with Crippen molar-refractivity contribution in [2.24, 2.45) is 0 Å². The van der Waals surface area contributed by atoms with E-state index in [-0.39, 0.29) is 55.5 Å². The average molecular weight is 512 g/mol. The largest absolute Gasteiger partial charge is 0.504 e. The van der Waals surface area contributed by atoms with Crippen LogP contribution >= 0.6 is 22.9 Å². The summed E-state index contributed by atoms with van der Waals surface area (Å²) >= 11 is 7.30. The third-order valence-corrected chi connectivity index (χ3v) is 9.17. The molecule has 0 saturated carbocycles. The number of nitrogens with one attached hydrogen (secondary N) is 2. The number of sulfonamides is 1. The number of piperazine rings is 1. The number of amides is 1. The SMILES string of the molecule is O=C(c1nc2c(s1)CNC(CO)C2)N1CCN(S(=O)(=O)c2[nH]c3ccc(Cl)cc3c2O)CC1. The molecule has 13 heteroatoms. The normalized spacial score (nSPS) is 19.7. The molecule has 33 heavy (non-hydrogen) atoms. The van der Waals surface area contributed by atoms with Gasteiger partial charge in [0.1, 0.15) is 0 Å². The minimum atomic E-state index is -3.99. The van der Waals surface area contributed by atoms with E-state index >= 15 is 0 Å². The molecule has 1 atom stereocenters. The number of hydrogen-bond acceptors (Lipinski definition) is 8. The van der Waals surface area contributed by atoms with Gasteiger partial charge in [-0.25, -0.2) is 13.4 Å². The van der Waals surface area contributed by atoms with Crippen molar-refractivity contribution in [1.82, 2.24) is 24.5 Å². The Morgan fingerprint density at radius 1 is 1.27 bits per heavy atom. The average Bonchev–Trinajstić information content (AvgIpc) is 3.39. The van der Waals surface area contributed by atoms with Gasteiger partial charge in [-0.3, -0.25) is 4.79 Å². The summed E-state index contributed by atoms with van der Waals surface area (Å²) in [6.07, 6.45) is 0.570. The number of fused-ring (bicyclic) bond motifs is 2. The van der Waals surface area contributed by atoms with Crippen LogP contribution in [0, 0.1) is 0 Å². The predicted molar refractivity (Wildman–Crippen MR) is 123 cm³/mol. The molecule has 4 N–H and O–H groups in total. The lowest BCUT2D eigenvalue weighted by atomic mass is 10.1. The number of aromatic amines is 1. The van der Waals surface area contributed by atoms with E-state index in [4.69, 9.17) is 11.6 Å². The van der Waals surface area contributed by atoms with Crippen LogP contribution in [0.1, 0.15) is 20.4 Å². The van der Waals surface area contributed by atoms with Crippen LogP contribution in [0.3, 0.4) is 0 Å². The number of carbonyl (C=O) groups excluding carboxylic acids is 1. The van der Waals surface area contributed by atoms with Crippen molar-refractivity contribution in [1.29, 1.82) is 0 Å². The number of aromatic nitrogens is 2. The number of benzene rings is 1. The zero-order chi connectivity index (χ0) is 23.3. The molecule has 1 fully saturated rings. The van der Waals surface area contributed by atoms with Crippen molar-refractivity contribution >= 4 is 49.8 Å². The topological polar surface area (TPSA) is 139 Å². The summed E-state index contributed by atoms with van der Waals surface area (Å²) in [5.74, 6) is -0.593. The van der Waals surface area contributed by atoms with E-state index < -0.39 is 10.0 Å². The predicted octanol–water partition coefficient (Wildman–Crippen LogP) is 1.14. The van der Waals surface area contributed by atoms with Gasteiger partial charge in [0.05, 0.1) is 17.8 Å². The summed E-state index contributed by atoms with van der Waals surface area (Å²) in [6.45, 7) is 1.21. The van der Waals surface area contributed by atoms with Gasteiger partial charge in [0.2, 0.25) is 0 Å². The molecule has 10 nitrogen and oxygen atoms in total. The number of aliphatic hydroxyl groups excluding tert-OH is 1. The minimum absolute atomic E-state index is 0.00957. The first-order valence-electron chi connectivity index (χ1n) is 10.4. The smallest absolute Gasteiger partial charge is 0.282 e. The number of hydrogen-bond donors (Lipinski definition) is 4. The number of rotatable bonds is 4. The summed E-state index contributed by atoms with van der Waals surface area (Å²) in [5, 5.41) is 23.9. The van der Waals surface area contributed by atoms with Gasteiger partial charge in [0.25, 0.3) is 15.9 Å². The van der Waals surface area contributed by atoms with Crippen LogP contribution < -0.4 is 5.32 Å². The standard InChI is InChI=1S/C20H22ClN5O5S2/c21-11-1-2-14-13(7-11)17(28)19(24-14)33(30,31)26-5-3-25(4-6-26)20(29)18-23-15-8-12(10-27)22-9-16(15)32-18/h1-2,7,12,22,24,27-28H,3-6,8-10H2. The highest BCUT2D eigenvalue weighted by Crippen LogP contribution is 2.35. The van der Waals surface area contributed by atoms with Crippen molar-refractivity contribution in [3.05, 3.63) is 38.8 Å². The van der Waals surface area contributed by atoms with Gasteiger partial charge in [-0.2, -0.15) is 4.31 Å². The number of halogens is 1. The molecule has 3 aromatic rings. The van der Waals surface area contributed by atoms with Crippen molar-refractivity contribution in [3.8, 4) is 5.75 Å². The highest BCUT2D eigenvalue weighted by Gasteiger charge is 2.35. The summed E-state index contributed by atoms with van der Waals surface area (Å²) in [5.41, 5.74) is 1.30. The number of thiazole rings is 1. The van der Waals surface area contributed by atoms with Crippen LogP contribution in [0.25, 0.3) is 10.9 Å². The van der Waals surface area contributed by atoms with Crippen LogP contribution in [0.2, 0.25) is 5.02 Å². The van der Waals surface area contributed by atoms with E-state index in [1.54, 1.807) is 17.0 Å². The lowest BCUT2D eigenvalue weighted by Crippen LogP contribution is -2.50. The molecule has 2 aliphatic heterocycles. The Bertz CT molecular complexity index is 1330. The van der Waals surface area contributed by atoms with Crippen molar-refractivity contribution in [2.45, 2.75) is 24.0 Å². The van der Waals surface area contributed by atoms with Crippen LogP contribution in [0.4, 0.5) is 0 Å². The fourth-order valence-electron chi connectivity index (χ4n) is 4.15. The van der Waals surface area contributed by atoms with E-state index in [9.17, 15) is 23.4 Å². The van der Waals surface area contributed by atoms with Crippen molar-refractivity contribution < 1.29 is 23.4 Å². The molecule has 2 aliphatic rings. The lowest BCUT2D eigenvalue weighted by molar-refractivity contribution is 0.0697. The van der Waals surface area contributed by atoms with Crippen LogP contribution in [-0.2, 0) is 23.0 Å². The zero-order valence-corrected chi connectivity index (χ0v) is 19.8. The first kappa shape index (κ1) is 22.6. The molecule has 176 valence electrons. The molecular formula is C20H22ClN5O5S2. The van der Waals surface area contributed by atoms with E-state index in [0.29, 0.717) is 33.9 Å². The van der Waals surface area contributed by atoms with Gasteiger partial charge >= 0.3 is 0 Å². The highest BCUT2D eigenvalue weighted by atomic mass is 35.5. The second-order valence-corrected chi connectivity index (χ2v) is 11.4. The van der Waals surface area contributed by atoms with Gasteiger partial charge in [-0.05, 0) is 18.2 Å². The second kappa shape index (κ2) is 8.53. The number of carbonyl (C=O) groups is 1. The van der Waals surface area contributed by atoms with Crippen LogP contribution in [-0.4, -0.2) is 82.5 Å². The molecule has 0 spiro atoms. The lowest BCUT2D eigenvalue weighted by Gasteiger charge is -2.33. The van der Waals surface area contributed by atoms with Gasteiger partial charge < -0.3 is 25.4 Å². The molecule has 1 saturated heterocycles. The monoisotopic (exact) mass is 511 g/mol. The molecule has 2 aromatic heterocycles. The fourth-order valence-corrected chi connectivity index (χ4v) is 6.83. The van der Waals surface area contributed by atoms with Gasteiger partial charge in [0.15, 0.2) is 15.8 Å². The van der Waals surface area contributed by atoms with Gasteiger partial charge in [0, 0.05) is 60.5 Å². The van der Waals surface area contributed by atoms with Crippen LogP contribution in [0.15, 0.2) is 23.2 Å². The number of nitrogens with zero attached hydrogens (tertiary/aromatic N) is 3. The molecule has 0 bridgehead atoms. The molecule has 1 aromatic carbocycles. The highest BCUT2D eigenvalue weighted by molar-refractivity contribution is 7.89. The molecule has 0 aliphatic carbocycles. The summed E-state index contributed by atoms with van der Waals surface area (Å²) in [7, 11) is -3.99. The number of H-pyrrole nitrogens is 1. The second-order valence-electron chi connectivity index (χ2n) is 8.04. The molecule has 1 amide bonds. The molecule has 4 heterocycles. The molecule has 1 unspecified atom stereocenters. The summed E-state index contributed by atoms with van der Waals surface area (Å²) in [6, 6.07) is 4.66. The first-order chi connectivity index (χ1) is 15.8. The van der Waals surface area contributed by atoms with Crippen LogP contribution in [0.5, 0.6) is 5.75 Å². The molecule has 0 radical (unpaired) electrons. The van der Waals surface area contributed by atoms with Crippen molar-refractivity contribution in [3.63, 3.8) is 0 Å². The maximum Gasteiger partial charge on any atom is 0.282 e. The number of aromatic hydroxyl groups is 1. The summed E-state index contributed by atoms with van der Waals surface area (Å²) < 4.78 is 27.6. The molecule has 5 rings (SSSR count). The number of aliphatic hydroxyl groups is 1. The Hall–Kier alpha value is -2.22. The maximum atomic E-state index is 13.2. The Morgan fingerprint density at radius 2 is 2.03 bits per heavy atom. The van der Waals surface area contributed by atoms with E-state index in [0.717, 1.165) is 10.6 Å². The Labute approximate surface area is 198 Å². The third-order valence-electron chi connectivity index (χ3n) is 6.00. The Kier molecular flexibility index (Phi) is 5.83. The quantitative estimate of drug-likeness (QED) is 0.412. The zero-order valence-electron chi connectivity index (χ0n) is 17.4. The first-order valence-corrected chi connectivity index (χ1v) is 13.0. The van der Waals surface area contributed by atoms with E-state index in [1.807, 2.05) is 0 Å². The van der Waals surface area contributed by atoms with Gasteiger partial charge in [-0.1, -0.05) is 11.6 Å². The van der Waals surface area contributed by atoms with E-state index in [1.165, 1.54) is 21.7 Å². The Balaban J connectivity index is 1.30.